The molecule has 2 atom stereocenters. The second-order valence-corrected chi connectivity index (χ2v) is 6.88. The number of carbonyl (C=O) groups excluding carboxylic acids is 2. The molecule has 4 heteroatoms. The van der Waals surface area contributed by atoms with Gasteiger partial charge in [0.25, 0.3) is 0 Å². The van der Waals surface area contributed by atoms with Crippen molar-refractivity contribution in [2.75, 3.05) is 7.11 Å². The lowest BCUT2D eigenvalue weighted by molar-refractivity contribution is -0.140. The second-order valence-electron chi connectivity index (χ2n) is 6.88. The number of hydrogen-bond donors (Lipinski definition) is 1. The van der Waals surface area contributed by atoms with Crippen molar-refractivity contribution in [3.8, 4) is 0 Å². The van der Waals surface area contributed by atoms with Crippen LogP contribution in [0.25, 0.3) is 0 Å². The minimum atomic E-state index is -0.471. The minimum Gasteiger partial charge on any atom is -0.469 e. The molecule has 1 rings (SSSR count). The molecule has 1 N–H and O–H groups in total. The molecule has 28 heavy (non-hydrogen) atoms. The average molecular weight is 387 g/mol. The maximum atomic E-state index is 12.1. The van der Waals surface area contributed by atoms with E-state index in [1.165, 1.54) is 7.11 Å². The Labute approximate surface area is 169 Å². The molecular formula is C24H34O4. The van der Waals surface area contributed by atoms with Crippen LogP contribution < -0.4 is 0 Å². The summed E-state index contributed by atoms with van der Waals surface area (Å²) < 4.78 is 4.61. The first kappa shape index (κ1) is 23.8. The van der Waals surface area contributed by atoms with Crippen LogP contribution in [0.5, 0.6) is 0 Å². The molecule has 0 bridgehead atoms. The van der Waals surface area contributed by atoms with E-state index >= 15 is 0 Å². The highest BCUT2D eigenvalue weighted by Gasteiger charge is 2.21. The number of allylic oxidation sites excluding steroid dienone is 8. The van der Waals surface area contributed by atoms with Crippen LogP contribution >= 0.6 is 0 Å². The van der Waals surface area contributed by atoms with Crippen molar-refractivity contribution in [1.29, 1.82) is 0 Å². The smallest absolute Gasteiger partial charge is 0.305 e. The standard InChI is InChI=1S/C24H34O4/c1-3-4-5-6-7-11-14-21(25)17-18-22-20(16-19-23(22)26)13-10-8-9-12-15-24(27)28-2/h4-5,7-8,10-11,16,18-21,25H,3,6,9,12-15,17H2,1-2H3/b5-4-,10-8-,11-7-,22-18+. The Hall–Kier alpha value is -2.20. The Morgan fingerprint density at radius 1 is 1.18 bits per heavy atom. The Morgan fingerprint density at radius 2 is 1.96 bits per heavy atom. The van der Waals surface area contributed by atoms with Crippen molar-refractivity contribution in [1.82, 2.24) is 0 Å². The maximum Gasteiger partial charge on any atom is 0.305 e. The van der Waals surface area contributed by atoms with Gasteiger partial charge in [0, 0.05) is 17.9 Å². The third-order valence-electron chi connectivity index (χ3n) is 4.56. The van der Waals surface area contributed by atoms with Crippen LogP contribution in [0.1, 0.15) is 58.3 Å². The van der Waals surface area contributed by atoms with Gasteiger partial charge in [-0.25, -0.2) is 0 Å². The number of ether oxygens (including phenoxy) is 1. The summed E-state index contributed by atoms with van der Waals surface area (Å²) in [5.74, 6) is -0.0726. The Kier molecular flexibility index (Phi) is 12.6. The molecule has 1 aliphatic carbocycles. The van der Waals surface area contributed by atoms with Crippen molar-refractivity contribution >= 4 is 11.8 Å². The minimum absolute atomic E-state index is 0.0385. The highest BCUT2D eigenvalue weighted by Crippen LogP contribution is 2.26. The third kappa shape index (κ3) is 10.2. The summed E-state index contributed by atoms with van der Waals surface area (Å²) in [6.45, 7) is 2.10. The molecule has 2 unspecified atom stereocenters. The molecule has 154 valence electrons. The molecule has 0 aromatic carbocycles. The van der Waals surface area contributed by atoms with Gasteiger partial charge in [-0.1, -0.05) is 55.5 Å². The lowest BCUT2D eigenvalue weighted by atomic mass is 9.96. The van der Waals surface area contributed by atoms with Gasteiger partial charge in [0.1, 0.15) is 0 Å². The normalized spacial score (nSPS) is 19.6. The number of ketones is 1. The topological polar surface area (TPSA) is 63.6 Å². The van der Waals surface area contributed by atoms with Crippen LogP contribution in [0.4, 0.5) is 0 Å². The fourth-order valence-corrected chi connectivity index (χ4v) is 2.92. The van der Waals surface area contributed by atoms with Crippen molar-refractivity contribution in [2.45, 2.75) is 64.4 Å². The molecule has 0 radical (unpaired) electrons. The van der Waals surface area contributed by atoms with Crippen LogP contribution in [0.2, 0.25) is 0 Å². The summed E-state index contributed by atoms with van der Waals surface area (Å²) in [5.41, 5.74) is 0.771. The molecule has 0 aromatic heterocycles. The summed E-state index contributed by atoms with van der Waals surface area (Å²) in [5, 5.41) is 10.1. The summed E-state index contributed by atoms with van der Waals surface area (Å²) in [7, 11) is 1.40. The van der Waals surface area contributed by atoms with Crippen LogP contribution in [0, 0.1) is 5.92 Å². The maximum absolute atomic E-state index is 12.1. The molecule has 0 fully saturated rings. The predicted octanol–water partition coefficient (Wildman–Crippen LogP) is 5.01. The molecule has 0 aromatic rings. The highest BCUT2D eigenvalue weighted by molar-refractivity contribution is 6.07. The zero-order valence-corrected chi connectivity index (χ0v) is 17.2. The molecule has 0 heterocycles. The number of hydrogen-bond acceptors (Lipinski definition) is 4. The van der Waals surface area contributed by atoms with Gasteiger partial charge in [-0.15, -0.1) is 0 Å². The number of carbonyl (C=O) groups is 2. The van der Waals surface area contributed by atoms with Crippen LogP contribution in [0.3, 0.4) is 0 Å². The van der Waals surface area contributed by atoms with Crippen molar-refractivity contribution in [2.24, 2.45) is 5.92 Å². The van der Waals surface area contributed by atoms with Gasteiger partial charge in [-0.05, 0) is 51.0 Å². The molecular weight excluding hydrogens is 352 g/mol. The lowest BCUT2D eigenvalue weighted by Crippen LogP contribution is -2.07. The van der Waals surface area contributed by atoms with Crippen LogP contribution in [-0.2, 0) is 14.3 Å². The van der Waals surface area contributed by atoms with E-state index in [4.69, 9.17) is 0 Å². The number of aliphatic hydroxyl groups is 1. The number of esters is 1. The monoisotopic (exact) mass is 386 g/mol. The quantitative estimate of drug-likeness (QED) is 0.209. The van der Waals surface area contributed by atoms with Gasteiger partial charge in [0.2, 0.25) is 0 Å². The number of rotatable bonds is 13. The summed E-state index contributed by atoms with van der Waals surface area (Å²) in [4.78, 5) is 23.1. The largest absolute Gasteiger partial charge is 0.469 e. The van der Waals surface area contributed by atoms with Crippen molar-refractivity contribution in [3.05, 3.63) is 60.3 Å². The molecule has 0 spiro atoms. The van der Waals surface area contributed by atoms with E-state index in [1.807, 2.05) is 24.3 Å². The van der Waals surface area contributed by atoms with Crippen LogP contribution in [0.15, 0.2) is 60.3 Å². The van der Waals surface area contributed by atoms with Gasteiger partial charge in [0.05, 0.1) is 13.2 Å². The lowest BCUT2D eigenvalue weighted by Gasteiger charge is -2.10. The molecule has 4 nitrogen and oxygen atoms in total. The van der Waals surface area contributed by atoms with Crippen molar-refractivity contribution in [3.63, 3.8) is 0 Å². The zero-order chi connectivity index (χ0) is 20.6. The van der Waals surface area contributed by atoms with E-state index < -0.39 is 6.10 Å². The number of methoxy groups -OCH3 is 1. The van der Waals surface area contributed by atoms with E-state index in [0.29, 0.717) is 19.3 Å². The SMILES string of the molecule is CC/C=C\C/C=C\CC(O)C/C=C1/C(=O)C=CC1C/C=C\CCCC(=O)OC. The summed E-state index contributed by atoms with van der Waals surface area (Å²) in [6, 6.07) is 0. The highest BCUT2D eigenvalue weighted by atomic mass is 16.5. The van der Waals surface area contributed by atoms with E-state index in [2.05, 4.69) is 36.0 Å². The van der Waals surface area contributed by atoms with Gasteiger partial charge in [-0.2, -0.15) is 0 Å². The average Bonchev–Trinajstić information content (AvgIpc) is 3.04. The Bertz CT molecular complexity index is 623. The Morgan fingerprint density at radius 3 is 2.71 bits per heavy atom. The van der Waals surface area contributed by atoms with E-state index in [0.717, 1.165) is 37.7 Å². The van der Waals surface area contributed by atoms with Gasteiger partial charge in [0.15, 0.2) is 5.78 Å². The number of aliphatic hydroxyl groups excluding tert-OH is 1. The van der Waals surface area contributed by atoms with E-state index in [9.17, 15) is 14.7 Å². The summed E-state index contributed by atoms with van der Waals surface area (Å²) in [6.07, 6.45) is 23.1. The van der Waals surface area contributed by atoms with Gasteiger partial charge in [-0.3, -0.25) is 9.59 Å². The number of unbranched alkanes of at least 4 members (excludes halogenated alkanes) is 1. The van der Waals surface area contributed by atoms with Gasteiger partial charge >= 0.3 is 5.97 Å². The molecule has 0 saturated carbocycles. The Balaban J connectivity index is 2.37. The third-order valence-corrected chi connectivity index (χ3v) is 4.56. The molecule has 0 aliphatic heterocycles. The molecule has 0 amide bonds. The molecule has 0 saturated heterocycles. The first-order valence-corrected chi connectivity index (χ1v) is 10.2. The van der Waals surface area contributed by atoms with E-state index in [-0.39, 0.29) is 17.7 Å². The zero-order valence-electron chi connectivity index (χ0n) is 17.2. The first-order chi connectivity index (χ1) is 13.6. The van der Waals surface area contributed by atoms with Gasteiger partial charge < -0.3 is 9.84 Å². The van der Waals surface area contributed by atoms with E-state index in [1.54, 1.807) is 6.08 Å². The van der Waals surface area contributed by atoms with Crippen LogP contribution in [-0.4, -0.2) is 30.1 Å². The molecule has 1 aliphatic rings. The summed E-state index contributed by atoms with van der Waals surface area (Å²) >= 11 is 0. The van der Waals surface area contributed by atoms with Crippen molar-refractivity contribution < 1.29 is 19.4 Å². The predicted molar refractivity (Wildman–Crippen MR) is 114 cm³/mol. The second kappa shape index (κ2) is 14.8. The fraction of sp³-hybridized carbons (Fsp3) is 0.500. The fourth-order valence-electron chi connectivity index (χ4n) is 2.92. The first-order valence-electron chi connectivity index (χ1n) is 10.2.